The highest BCUT2D eigenvalue weighted by Gasteiger charge is 2.13. The molecule has 18 heavy (non-hydrogen) atoms. The van der Waals surface area contributed by atoms with Crippen molar-refractivity contribution in [2.75, 3.05) is 19.0 Å². The molecule has 1 atom stereocenters. The summed E-state index contributed by atoms with van der Waals surface area (Å²) in [4.78, 5) is 23.2. The van der Waals surface area contributed by atoms with Crippen molar-refractivity contribution < 1.29 is 14.3 Å². The van der Waals surface area contributed by atoms with Crippen molar-refractivity contribution in [2.45, 2.75) is 19.4 Å². The third-order valence-electron chi connectivity index (χ3n) is 2.46. The molecule has 1 aromatic rings. The number of carbonyl (C=O) groups is 2. The highest BCUT2D eigenvalue weighted by Crippen LogP contribution is 2.12. The predicted molar refractivity (Wildman–Crippen MR) is 69.5 cm³/mol. The zero-order valence-electron chi connectivity index (χ0n) is 10.6. The lowest BCUT2D eigenvalue weighted by atomic mass is 10.1. The number of nitrogens with two attached hydrogens (primary N) is 1. The SMILES string of the molecule is CCC(=O)c1cccc(NC(=O)C(N)COC)c1. The van der Waals surface area contributed by atoms with Gasteiger partial charge in [-0.25, -0.2) is 0 Å². The number of Topliss-reactive ketones (excluding diaryl/α,β-unsaturated/α-hetero) is 1. The van der Waals surface area contributed by atoms with Crippen LogP contribution in [-0.4, -0.2) is 31.4 Å². The van der Waals surface area contributed by atoms with E-state index < -0.39 is 6.04 Å². The number of hydrogen-bond acceptors (Lipinski definition) is 4. The molecule has 1 rings (SSSR count). The Bertz CT molecular complexity index is 432. The summed E-state index contributed by atoms with van der Waals surface area (Å²) >= 11 is 0. The van der Waals surface area contributed by atoms with E-state index in [9.17, 15) is 9.59 Å². The van der Waals surface area contributed by atoms with Crippen molar-refractivity contribution in [3.8, 4) is 0 Å². The fraction of sp³-hybridized carbons (Fsp3) is 0.385. The van der Waals surface area contributed by atoms with E-state index in [1.165, 1.54) is 7.11 Å². The summed E-state index contributed by atoms with van der Waals surface area (Å²) in [5, 5.41) is 2.65. The highest BCUT2D eigenvalue weighted by molar-refractivity contribution is 5.99. The van der Waals surface area contributed by atoms with Crippen LogP contribution in [0.5, 0.6) is 0 Å². The summed E-state index contributed by atoms with van der Waals surface area (Å²) in [7, 11) is 1.48. The predicted octanol–water partition coefficient (Wildman–Crippen LogP) is 1.19. The molecular formula is C13H18N2O3. The number of nitrogens with one attached hydrogen (secondary N) is 1. The maximum absolute atomic E-state index is 11.7. The molecular weight excluding hydrogens is 232 g/mol. The number of carbonyl (C=O) groups excluding carboxylic acids is 2. The monoisotopic (exact) mass is 250 g/mol. The summed E-state index contributed by atoms with van der Waals surface area (Å²) < 4.78 is 4.80. The minimum Gasteiger partial charge on any atom is -0.383 e. The lowest BCUT2D eigenvalue weighted by Gasteiger charge is -2.11. The van der Waals surface area contributed by atoms with Gasteiger partial charge in [0.25, 0.3) is 0 Å². The molecule has 0 spiro atoms. The van der Waals surface area contributed by atoms with Crippen LogP contribution in [0.4, 0.5) is 5.69 Å². The Balaban J connectivity index is 2.73. The summed E-state index contributed by atoms with van der Waals surface area (Å²) in [6, 6.07) is 6.07. The van der Waals surface area contributed by atoms with Crippen LogP contribution >= 0.6 is 0 Å². The number of rotatable bonds is 6. The Morgan fingerprint density at radius 1 is 1.44 bits per heavy atom. The zero-order valence-corrected chi connectivity index (χ0v) is 10.6. The minimum absolute atomic E-state index is 0.0345. The van der Waals surface area contributed by atoms with Crippen LogP contribution in [0.1, 0.15) is 23.7 Å². The third-order valence-corrected chi connectivity index (χ3v) is 2.46. The van der Waals surface area contributed by atoms with Crippen LogP contribution in [0.15, 0.2) is 24.3 Å². The first-order chi connectivity index (χ1) is 8.58. The molecule has 0 bridgehead atoms. The zero-order chi connectivity index (χ0) is 13.5. The van der Waals surface area contributed by atoms with Gasteiger partial charge < -0.3 is 15.8 Å². The molecule has 0 aliphatic carbocycles. The van der Waals surface area contributed by atoms with Crippen LogP contribution in [0, 0.1) is 0 Å². The molecule has 0 aliphatic heterocycles. The van der Waals surface area contributed by atoms with Gasteiger partial charge in [0.2, 0.25) is 5.91 Å². The molecule has 0 heterocycles. The van der Waals surface area contributed by atoms with Gasteiger partial charge in [-0.05, 0) is 12.1 Å². The Morgan fingerprint density at radius 2 is 2.17 bits per heavy atom. The number of ether oxygens (including phenoxy) is 1. The first kappa shape index (κ1) is 14.3. The van der Waals surface area contributed by atoms with E-state index in [4.69, 9.17) is 10.5 Å². The van der Waals surface area contributed by atoms with Gasteiger partial charge in [0.1, 0.15) is 6.04 Å². The molecule has 5 nitrogen and oxygen atoms in total. The first-order valence-corrected chi connectivity index (χ1v) is 5.77. The topological polar surface area (TPSA) is 81.4 Å². The summed E-state index contributed by atoms with van der Waals surface area (Å²) in [6.07, 6.45) is 0.431. The molecule has 0 radical (unpaired) electrons. The van der Waals surface area contributed by atoms with Crippen molar-refractivity contribution in [1.29, 1.82) is 0 Å². The average Bonchev–Trinajstić information content (AvgIpc) is 2.38. The second-order valence-electron chi connectivity index (χ2n) is 3.91. The van der Waals surface area contributed by atoms with E-state index in [1.807, 2.05) is 0 Å². The maximum atomic E-state index is 11.7. The van der Waals surface area contributed by atoms with E-state index in [-0.39, 0.29) is 18.3 Å². The molecule has 0 aromatic heterocycles. The van der Waals surface area contributed by atoms with Crippen molar-refractivity contribution in [3.05, 3.63) is 29.8 Å². The normalized spacial score (nSPS) is 11.9. The van der Waals surface area contributed by atoms with Gasteiger partial charge in [-0.15, -0.1) is 0 Å². The quantitative estimate of drug-likeness (QED) is 0.743. The number of benzene rings is 1. The molecule has 3 N–H and O–H groups in total. The third kappa shape index (κ3) is 3.94. The van der Waals surface area contributed by atoms with Crippen LogP contribution in [-0.2, 0) is 9.53 Å². The van der Waals surface area contributed by atoms with Gasteiger partial charge in [-0.3, -0.25) is 9.59 Å². The van der Waals surface area contributed by atoms with Crippen LogP contribution in [0.25, 0.3) is 0 Å². The van der Waals surface area contributed by atoms with Gasteiger partial charge in [0.15, 0.2) is 5.78 Å². The van der Waals surface area contributed by atoms with Crippen molar-refractivity contribution in [1.82, 2.24) is 0 Å². The number of anilines is 1. The van der Waals surface area contributed by atoms with E-state index >= 15 is 0 Å². The smallest absolute Gasteiger partial charge is 0.243 e. The molecule has 0 aliphatic rings. The Hall–Kier alpha value is -1.72. The van der Waals surface area contributed by atoms with Crippen LogP contribution in [0.3, 0.4) is 0 Å². The van der Waals surface area contributed by atoms with Gasteiger partial charge in [-0.2, -0.15) is 0 Å². The molecule has 98 valence electrons. The molecule has 1 aromatic carbocycles. The Morgan fingerprint density at radius 3 is 2.78 bits per heavy atom. The van der Waals surface area contributed by atoms with Gasteiger partial charge in [0, 0.05) is 24.8 Å². The number of ketones is 1. The largest absolute Gasteiger partial charge is 0.383 e. The summed E-state index contributed by atoms with van der Waals surface area (Å²) in [6.45, 7) is 1.95. The standard InChI is InChI=1S/C13H18N2O3/c1-3-12(16)9-5-4-6-10(7-9)15-13(17)11(14)8-18-2/h4-7,11H,3,8,14H2,1-2H3,(H,15,17). The molecule has 1 amide bonds. The summed E-state index contributed by atoms with van der Waals surface area (Å²) in [5.74, 6) is -0.301. The van der Waals surface area contributed by atoms with E-state index in [0.717, 1.165) is 0 Å². The lowest BCUT2D eigenvalue weighted by molar-refractivity contribution is -0.118. The lowest BCUT2D eigenvalue weighted by Crippen LogP contribution is -2.39. The molecule has 0 saturated carbocycles. The fourth-order valence-corrected chi connectivity index (χ4v) is 1.46. The van der Waals surface area contributed by atoms with E-state index in [1.54, 1.807) is 31.2 Å². The highest BCUT2D eigenvalue weighted by atomic mass is 16.5. The Labute approximate surface area is 106 Å². The molecule has 1 unspecified atom stereocenters. The maximum Gasteiger partial charge on any atom is 0.243 e. The van der Waals surface area contributed by atoms with Crippen molar-refractivity contribution >= 4 is 17.4 Å². The molecule has 0 saturated heterocycles. The van der Waals surface area contributed by atoms with Crippen molar-refractivity contribution in [3.63, 3.8) is 0 Å². The molecule has 0 fully saturated rings. The number of hydrogen-bond donors (Lipinski definition) is 2. The van der Waals surface area contributed by atoms with E-state index in [2.05, 4.69) is 5.32 Å². The second kappa shape index (κ2) is 6.88. The summed E-state index contributed by atoms with van der Waals surface area (Å²) in [5.41, 5.74) is 6.74. The number of methoxy groups -OCH3 is 1. The first-order valence-electron chi connectivity index (χ1n) is 5.77. The second-order valence-corrected chi connectivity index (χ2v) is 3.91. The Kier molecular flexibility index (Phi) is 5.48. The fourth-order valence-electron chi connectivity index (χ4n) is 1.46. The number of amides is 1. The van der Waals surface area contributed by atoms with E-state index in [0.29, 0.717) is 17.7 Å². The van der Waals surface area contributed by atoms with Gasteiger partial charge >= 0.3 is 0 Å². The van der Waals surface area contributed by atoms with Gasteiger partial charge in [0.05, 0.1) is 6.61 Å². The molecule has 5 heteroatoms. The van der Waals surface area contributed by atoms with Gasteiger partial charge in [-0.1, -0.05) is 19.1 Å². The average molecular weight is 250 g/mol. The van der Waals surface area contributed by atoms with Crippen LogP contribution in [0.2, 0.25) is 0 Å². The van der Waals surface area contributed by atoms with Crippen LogP contribution < -0.4 is 11.1 Å². The minimum atomic E-state index is -0.722. The van der Waals surface area contributed by atoms with Crippen molar-refractivity contribution in [2.24, 2.45) is 5.73 Å².